The number of hydrogen-bond donors (Lipinski definition) is 0. The van der Waals surface area contributed by atoms with Gasteiger partial charge in [0.25, 0.3) is 0 Å². The Morgan fingerprint density at radius 1 is 0.254 bits per heavy atom. The van der Waals surface area contributed by atoms with Gasteiger partial charge in [-0.3, -0.25) is 9.59 Å². The van der Waals surface area contributed by atoms with Crippen molar-refractivity contribution in [1.82, 2.24) is 24.1 Å². The molecular formula is C110H76Br5N5O2. The highest BCUT2D eigenvalue weighted by molar-refractivity contribution is 9.11. The largest absolute Gasteiger partial charge is 0.309 e. The molecule has 0 N–H and O–H groups in total. The molecule has 20 rings (SSSR count). The molecule has 5 aromatic heterocycles. The fourth-order valence-electron chi connectivity index (χ4n) is 15.0. The molecule has 122 heavy (non-hydrogen) atoms. The van der Waals surface area contributed by atoms with Crippen molar-refractivity contribution in [2.24, 2.45) is 0 Å². The SMILES string of the molecule is Brc1cc(-c2cc(-c3ccccc3)nc(-c3ccccc3)c2)cc(-n2c3ccccc3c3ccccc32)c1.Brc1cc(Br)cc(-c2cc(-c3ccccc3)nc(-c3ccccc3)c2)c1.C=Cc1cc(-c2cc(-c3ccccc3)nc(-c3ccccc3)c2)cc(-n2c3ccccc3c3ccccc32)c1.CC(=O)c1ccccc1.O=Cc1cc(Br)cc(Br)c1. The number of pyridine rings is 3. The summed E-state index contributed by atoms with van der Waals surface area (Å²) in [6.07, 6.45) is 2.74. The van der Waals surface area contributed by atoms with Crippen molar-refractivity contribution in [2.75, 3.05) is 0 Å². The van der Waals surface area contributed by atoms with Gasteiger partial charge in [0.1, 0.15) is 6.29 Å². The van der Waals surface area contributed by atoms with E-state index in [1.807, 2.05) is 109 Å². The van der Waals surface area contributed by atoms with Gasteiger partial charge in [0.15, 0.2) is 5.78 Å². The van der Waals surface area contributed by atoms with Gasteiger partial charge in [0, 0.05) is 99.8 Å². The Morgan fingerprint density at radius 2 is 0.492 bits per heavy atom. The summed E-state index contributed by atoms with van der Waals surface area (Å²) >= 11 is 17.5. The number of carbonyl (C=O) groups is 2. The zero-order chi connectivity index (χ0) is 83.8. The van der Waals surface area contributed by atoms with Crippen molar-refractivity contribution in [3.63, 3.8) is 0 Å². The van der Waals surface area contributed by atoms with Crippen molar-refractivity contribution in [2.45, 2.75) is 6.92 Å². The van der Waals surface area contributed by atoms with Crippen LogP contribution in [0.4, 0.5) is 0 Å². The molecule has 0 aliphatic heterocycles. The molecule has 5 heterocycles. The number of aromatic nitrogens is 5. The summed E-state index contributed by atoms with van der Waals surface area (Å²) in [6, 6.07) is 144. The summed E-state index contributed by atoms with van der Waals surface area (Å²) < 4.78 is 9.65. The smallest absolute Gasteiger partial charge is 0.159 e. The number of fused-ring (bicyclic) bond motifs is 6. The van der Waals surface area contributed by atoms with Gasteiger partial charge in [-0.1, -0.05) is 377 Å². The van der Waals surface area contributed by atoms with Crippen molar-refractivity contribution in [1.29, 1.82) is 0 Å². The van der Waals surface area contributed by atoms with Crippen LogP contribution in [0.2, 0.25) is 0 Å². The number of nitrogens with zero attached hydrogens (tertiary/aromatic N) is 5. The molecule has 12 heteroatoms. The Bertz CT molecular complexity index is 6810. The maximum absolute atomic E-state index is 10.6. The molecule has 0 fully saturated rings. The number of Topliss-reactive ketones (excluding diaryl/α,β-unsaturated/α-hetero) is 1. The third-order valence-corrected chi connectivity index (χ3v) is 23.0. The van der Waals surface area contributed by atoms with Crippen molar-refractivity contribution in [3.8, 4) is 112 Å². The minimum absolute atomic E-state index is 0.121. The molecule has 7 nitrogen and oxygen atoms in total. The first kappa shape index (κ1) is 82.5. The molecule has 0 aliphatic carbocycles. The fraction of sp³-hybridized carbons (Fsp3) is 0.00909. The Labute approximate surface area is 751 Å². The molecule has 0 bridgehead atoms. The summed E-state index contributed by atoms with van der Waals surface area (Å²) in [4.78, 5) is 36.0. The van der Waals surface area contributed by atoms with E-state index < -0.39 is 0 Å². The van der Waals surface area contributed by atoms with Gasteiger partial charge in [-0.2, -0.15) is 0 Å². The number of ketones is 1. The van der Waals surface area contributed by atoms with Gasteiger partial charge in [0.2, 0.25) is 0 Å². The van der Waals surface area contributed by atoms with Crippen LogP contribution in [0.15, 0.2) is 448 Å². The van der Waals surface area contributed by atoms with Crippen LogP contribution >= 0.6 is 79.6 Å². The number of carbonyl (C=O) groups excluding carboxylic acids is 2. The van der Waals surface area contributed by atoms with Crippen molar-refractivity contribution >= 4 is 141 Å². The summed E-state index contributed by atoms with van der Waals surface area (Å²) in [7, 11) is 0. The van der Waals surface area contributed by atoms with Crippen LogP contribution in [-0.4, -0.2) is 36.2 Å². The quantitative estimate of drug-likeness (QED) is 0.0800. The van der Waals surface area contributed by atoms with E-state index in [9.17, 15) is 9.59 Å². The van der Waals surface area contributed by atoms with Crippen LogP contribution in [-0.2, 0) is 0 Å². The Kier molecular flexibility index (Phi) is 26.3. The molecule has 0 aliphatic rings. The molecule has 0 atom stereocenters. The first-order valence-corrected chi connectivity index (χ1v) is 43.6. The predicted octanol–water partition coefficient (Wildman–Crippen LogP) is 32.3. The molecule has 20 aromatic rings. The van der Waals surface area contributed by atoms with E-state index in [1.165, 1.54) is 43.6 Å². The lowest BCUT2D eigenvalue weighted by Gasteiger charge is -2.14. The molecular weight excluding hydrogens is 1820 g/mol. The van der Waals surface area contributed by atoms with Crippen molar-refractivity contribution in [3.05, 3.63) is 464 Å². The summed E-state index contributed by atoms with van der Waals surface area (Å²) in [5, 5.41) is 5.01. The molecule has 15 aromatic carbocycles. The number of halogens is 5. The number of hydrogen-bond acceptors (Lipinski definition) is 5. The molecule has 0 radical (unpaired) electrons. The summed E-state index contributed by atoms with van der Waals surface area (Å²) in [6.45, 7) is 5.69. The molecule has 588 valence electrons. The predicted molar refractivity (Wildman–Crippen MR) is 527 cm³/mol. The fourth-order valence-corrected chi connectivity index (χ4v) is 18.1. The van der Waals surface area contributed by atoms with E-state index in [-0.39, 0.29) is 5.78 Å². The minimum atomic E-state index is 0.121. The minimum Gasteiger partial charge on any atom is -0.309 e. The Morgan fingerprint density at radius 3 is 0.770 bits per heavy atom. The van der Waals surface area contributed by atoms with Crippen LogP contribution in [0.25, 0.3) is 162 Å². The lowest BCUT2D eigenvalue weighted by Crippen LogP contribution is -1.96. The molecule has 0 spiro atoms. The monoisotopic (exact) mass is 1890 g/mol. The maximum atomic E-state index is 10.6. The summed E-state index contributed by atoms with van der Waals surface area (Å²) in [5.74, 6) is 0.121. The topological polar surface area (TPSA) is 82.7 Å². The van der Waals surface area contributed by atoms with E-state index in [4.69, 9.17) is 15.0 Å². The standard InChI is InChI=1S/C37H26N2.C35H23BrN2.C23H15Br2N.C8H8O.C7H4Br2O/c1-2-26-21-29(23-31(22-26)39-36-19-11-9-17-32(36)33-18-10-12-20-37(33)39)30-24-34(27-13-5-3-6-14-27)38-35(25-30)28-15-7-4-8-16-28;36-28-19-26(20-29(23-28)38-34-17-9-7-15-30(34)31-16-8-10-18-35(31)38)27-21-32(24-11-3-1-4-12-24)37-33(22-27)25-13-5-2-6-14-25;24-20-11-18(12-21(25)15-20)19-13-22(16-7-3-1-4-8-16)26-23(14-19)17-9-5-2-6-10-17;1-7(9)8-5-3-2-4-6-8;8-6-1-5(4-10)2-7(9)3-6/h2-25H,1H2;1-23H;1-15H;2-6H,1H3;1-4H. The zero-order valence-corrected chi connectivity index (χ0v) is 74.1. The molecule has 0 unspecified atom stereocenters. The van der Waals surface area contributed by atoms with Gasteiger partial charge in [-0.25, -0.2) is 15.0 Å². The van der Waals surface area contributed by atoms with Gasteiger partial charge in [0.05, 0.1) is 56.2 Å². The third kappa shape index (κ3) is 19.6. The molecule has 0 saturated carbocycles. The van der Waals surface area contributed by atoms with Crippen LogP contribution in [0, 0.1) is 0 Å². The van der Waals surface area contributed by atoms with E-state index in [0.29, 0.717) is 5.56 Å². The van der Waals surface area contributed by atoms with Gasteiger partial charge in [-0.15, -0.1) is 0 Å². The number of benzene rings is 15. The lowest BCUT2D eigenvalue weighted by molar-refractivity contribution is 0.101. The van der Waals surface area contributed by atoms with Gasteiger partial charge >= 0.3 is 0 Å². The van der Waals surface area contributed by atoms with Crippen LogP contribution < -0.4 is 0 Å². The Balaban J connectivity index is 0.000000124. The number of aldehydes is 1. The first-order valence-electron chi connectivity index (χ1n) is 39.6. The molecule has 0 amide bonds. The third-order valence-electron chi connectivity index (χ3n) is 20.7. The number of rotatable bonds is 14. The normalized spacial score (nSPS) is 10.8. The van der Waals surface area contributed by atoms with Gasteiger partial charge < -0.3 is 9.13 Å². The van der Waals surface area contributed by atoms with Crippen LogP contribution in [0.3, 0.4) is 0 Å². The average molecular weight is 1900 g/mol. The first-order chi connectivity index (χ1) is 59.7. The Hall–Kier alpha value is -13.2. The highest BCUT2D eigenvalue weighted by Gasteiger charge is 2.19. The molecule has 0 saturated heterocycles. The average Bonchev–Trinajstić information content (AvgIpc) is 1.59. The second-order valence-electron chi connectivity index (χ2n) is 28.9. The highest BCUT2D eigenvalue weighted by Crippen LogP contribution is 2.41. The van der Waals surface area contributed by atoms with Crippen molar-refractivity contribution < 1.29 is 9.59 Å². The second-order valence-corrected chi connectivity index (χ2v) is 33.5. The van der Waals surface area contributed by atoms with E-state index in [2.05, 4.69) is 399 Å². The van der Waals surface area contributed by atoms with E-state index in [1.54, 1.807) is 19.1 Å². The maximum Gasteiger partial charge on any atom is 0.159 e. The second kappa shape index (κ2) is 38.9. The van der Waals surface area contributed by atoms with Crippen LogP contribution in [0.1, 0.15) is 33.2 Å². The lowest BCUT2D eigenvalue weighted by atomic mass is 9.98. The zero-order valence-electron chi connectivity index (χ0n) is 66.1. The highest BCUT2D eigenvalue weighted by atomic mass is 79.9. The number of para-hydroxylation sites is 4. The van der Waals surface area contributed by atoms with E-state index in [0.717, 1.165) is 152 Å². The van der Waals surface area contributed by atoms with E-state index >= 15 is 0 Å². The van der Waals surface area contributed by atoms with Crippen LogP contribution in [0.5, 0.6) is 0 Å². The summed E-state index contributed by atoms with van der Waals surface area (Å²) in [5.41, 5.74) is 28.7. The van der Waals surface area contributed by atoms with Gasteiger partial charge in [-0.05, 0) is 179 Å².